The first-order chi connectivity index (χ1) is 39.8. The molecule has 0 radical (unpaired) electrons. The first kappa shape index (κ1) is 51.1. The van der Waals surface area contributed by atoms with Crippen LogP contribution >= 0.6 is 0 Å². The number of ether oxygens (including phenoxy) is 1. The normalized spacial score (nSPS) is 12.2. The van der Waals surface area contributed by atoms with Crippen molar-refractivity contribution in [1.29, 1.82) is 0 Å². The van der Waals surface area contributed by atoms with Gasteiger partial charge in [-0.2, -0.15) is 0 Å². The molecule has 7 heteroatoms. The Morgan fingerprint density at radius 2 is 0.890 bits per heavy atom. The summed E-state index contributed by atoms with van der Waals surface area (Å²) in [6, 6.07) is 85.9. The van der Waals surface area contributed by atoms with Gasteiger partial charge in [0.25, 0.3) is 0 Å². The number of aromatic nitrogens is 5. The summed E-state index contributed by atoms with van der Waals surface area (Å²) in [6.07, 6.45) is 2.03. The third kappa shape index (κ3) is 8.67. The van der Waals surface area contributed by atoms with Gasteiger partial charge in [-0.05, 0) is 29.0 Å². The van der Waals surface area contributed by atoms with E-state index in [9.17, 15) is 0 Å². The van der Waals surface area contributed by atoms with Gasteiger partial charge >= 0.3 is 394 Å². The van der Waals surface area contributed by atoms with Crippen LogP contribution in [0.4, 0.5) is 0 Å². The molecule has 0 N–H and O–H groups in total. The van der Waals surface area contributed by atoms with E-state index in [1.165, 1.54) is 11.1 Å². The zero-order valence-electron chi connectivity index (χ0n) is 47.1. The first-order valence-electron chi connectivity index (χ1n) is 28.2. The van der Waals surface area contributed by atoms with Crippen molar-refractivity contribution in [2.24, 2.45) is 0 Å². The van der Waals surface area contributed by atoms with Gasteiger partial charge in [-0.1, -0.05) is 57.2 Å². The van der Waals surface area contributed by atoms with E-state index in [-0.39, 0.29) is 10.8 Å². The molecule has 402 valence electrons. The molecule has 14 aromatic rings. The van der Waals surface area contributed by atoms with Crippen molar-refractivity contribution in [2.45, 2.75) is 59.3 Å². The maximum atomic E-state index is 7.20. The molecular formula is C75H61N5OPt. The summed E-state index contributed by atoms with van der Waals surface area (Å²) in [6.45, 7) is 15.8. The number of pyridine rings is 1. The average Bonchev–Trinajstić information content (AvgIpc) is 3.21. The molecule has 4 aromatic heterocycles. The van der Waals surface area contributed by atoms with Crippen LogP contribution in [0, 0.1) is 10.7 Å². The van der Waals surface area contributed by atoms with E-state index in [1.807, 2.05) is 6.20 Å². The molecule has 10 aromatic carbocycles. The molecule has 0 bridgehead atoms. The van der Waals surface area contributed by atoms with E-state index in [2.05, 4.69) is 323 Å². The third-order valence-corrected chi connectivity index (χ3v) is 17.4. The number of fused-ring (bicyclic) bond motifs is 7. The Morgan fingerprint density at radius 1 is 0.390 bits per heavy atom. The van der Waals surface area contributed by atoms with E-state index >= 15 is 0 Å². The van der Waals surface area contributed by atoms with Gasteiger partial charge in [0.15, 0.2) is 0 Å². The number of hydrogen-bond donors (Lipinski definition) is 0. The standard InChI is InChI=1S/C75H61N5O.Pt/c1-49-44-71(76-47-64(49)52-32-34-53(35-33-52)74(2,3)4)80-66-30-17-14-24-60(66)62-42-40-56(45-69(62)80)81-57-41-43-67-70(46-57)78-48-77(72-58(50-20-10-8-11-21-50)26-18-27-59(72)51-22-12-9-13-23-51)68-31-19-28-63(73(68)78)61-25-15-16-29-65(61)79(67)55-38-36-54(37-39-55)75(5,6)7;/h8-47H,1-7H3;. The van der Waals surface area contributed by atoms with Crippen molar-refractivity contribution in [2.75, 3.05) is 0 Å². The zero-order chi connectivity index (χ0) is 56.0. The fraction of sp³-hybridized carbons (Fsp3) is 0.120. The number of para-hydroxylation sites is 4. The van der Waals surface area contributed by atoms with Crippen LogP contribution in [-0.4, -0.2) is 23.1 Å². The Balaban J connectivity index is 1.02. The molecule has 0 aliphatic carbocycles. The minimum absolute atomic E-state index is 0.0121. The van der Waals surface area contributed by atoms with Gasteiger partial charge in [-0.15, -0.1) is 0 Å². The van der Waals surface area contributed by atoms with Crippen molar-refractivity contribution >= 4 is 60.2 Å². The predicted octanol–water partition coefficient (Wildman–Crippen LogP) is 19.8. The van der Waals surface area contributed by atoms with Gasteiger partial charge < -0.3 is 0 Å². The molecule has 0 saturated carbocycles. The van der Waals surface area contributed by atoms with E-state index in [0.717, 1.165) is 126 Å². The Kier molecular flexibility index (Phi) is 12.4. The molecular weight excluding hydrogens is 1180 g/mol. The summed E-state index contributed by atoms with van der Waals surface area (Å²) in [5.74, 6) is 2.29. The summed E-state index contributed by atoms with van der Waals surface area (Å²) in [7, 11) is 0. The van der Waals surface area contributed by atoms with Crippen LogP contribution in [-0.2, 0) is 30.2 Å². The molecule has 0 unspecified atom stereocenters. The Hall–Kier alpha value is -9.09. The van der Waals surface area contributed by atoms with Gasteiger partial charge in [0, 0.05) is 11.8 Å². The number of aryl methyl sites for hydroxylation is 1. The maximum absolute atomic E-state index is 7.20. The molecule has 14 rings (SSSR count). The summed E-state index contributed by atoms with van der Waals surface area (Å²) in [5.41, 5.74) is 20.2. The zero-order valence-corrected chi connectivity index (χ0v) is 49.3. The van der Waals surface area contributed by atoms with Gasteiger partial charge in [-0.25, -0.2) is 0 Å². The van der Waals surface area contributed by atoms with Crippen LogP contribution in [0.2, 0.25) is 0 Å². The van der Waals surface area contributed by atoms with Crippen molar-refractivity contribution in [1.82, 2.24) is 23.1 Å². The van der Waals surface area contributed by atoms with Crippen molar-refractivity contribution < 1.29 is 24.1 Å². The SMILES string of the molecule is Cc1cc(-n2c3ccccc3c3ccc(Oc4ccc5c(c4)n4[c](=[Pt])n(-c6c(-c7ccccc7)cccc6-c6ccccc6)c6cccc(c7ccccc7n5-c5ccc(C(C)(C)C)cc5)c64)cc32)ncc1-c1ccc(C(C)(C)C)cc1. The van der Waals surface area contributed by atoms with Crippen LogP contribution in [0.15, 0.2) is 243 Å². The Morgan fingerprint density at radius 3 is 1.51 bits per heavy atom. The molecule has 0 fully saturated rings. The molecule has 0 spiro atoms. The molecule has 0 amide bonds. The molecule has 0 aliphatic rings. The Bertz CT molecular complexity index is 4860. The number of rotatable bonds is 8. The van der Waals surface area contributed by atoms with E-state index < -0.39 is 0 Å². The molecule has 6 nitrogen and oxygen atoms in total. The van der Waals surface area contributed by atoms with Crippen LogP contribution < -0.4 is 4.74 Å². The smallest absolute Gasteiger partial charge is 0.0579 e. The second-order valence-electron chi connectivity index (χ2n) is 23.6. The summed E-state index contributed by atoms with van der Waals surface area (Å²) >= 11 is 2.59. The third-order valence-electron chi connectivity index (χ3n) is 16.4. The van der Waals surface area contributed by atoms with Crippen molar-refractivity contribution in [3.8, 4) is 62.1 Å². The molecule has 0 saturated heterocycles. The number of hydrogen-bond acceptors (Lipinski definition) is 2. The van der Waals surface area contributed by atoms with Crippen LogP contribution in [0.3, 0.4) is 0 Å². The monoisotopic (exact) mass is 1240 g/mol. The quantitative estimate of drug-likeness (QED) is 0.152. The second kappa shape index (κ2) is 19.9. The first-order valence-corrected chi connectivity index (χ1v) is 29.3. The van der Waals surface area contributed by atoms with Gasteiger partial charge in [0.05, 0.1) is 0 Å². The summed E-state index contributed by atoms with van der Waals surface area (Å²) in [4.78, 5) is 5.20. The fourth-order valence-corrected chi connectivity index (χ4v) is 13.3. The van der Waals surface area contributed by atoms with Gasteiger partial charge in [0.2, 0.25) is 0 Å². The fourth-order valence-electron chi connectivity index (χ4n) is 12.2. The summed E-state index contributed by atoms with van der Waals surface area (Å²) < 4.78 is 17.9. The van der Waals surface area contributed by atoms with Crippen molar-refractivity contribution in [3.05, 3.63) is 263 Å². The van der Waals surface area contributed by atoms with E-state index in [0.29, 0.717) is 5.75 Å². The minimum atomic E-state index is -0.0121. The molecule has 82 heavy (non-hydrogen) atoms. The van der Waals surface area contributed by atoms with Crippen LogP contribution in [0.5, 0.6) is 11.5 Å². The predicted molar refractivity (Wildman–Crippen MR) is 338 cm³/mol. The average molecular weight is 1240 g/mol. The van der Waals surface area contributed by atoms with Crippen LogP contribution in [0.1, 0.15) is 58.2 Å². The van der Waals surface area contributed by atoms with Crippen molar-refractivity contribution in [3.63, 3.8) is 0 Å². The van der Waals surface area contributed by atoms with E-state index in [1.54, 1.807) is 0 Å². The van der Waals surface area contributed by atoms with Crippen LogP contribution in [0.25, 0.3) is 111 Å². The minimum Gasteiger partial charge on any atom is -0.0579 e. The topological polar surface area (TPSA) is 41.3 Å². The summed E-state index contributed by atoms with van der Waals surface area (Å²) in [5, 5.41) is 4.56. The van der Waals surface area contributed by atoms with Gasteiger partial charge in [0.1, 0.15) is 0 Å². The molecule has 0 atom stereocenters. The Labute approximate surface area is 488 Å². The second-order valence-corrected chi connectivity index (χ2v) is 24.7. The number of imidazole rings is 1. The molecule has 4 heterocycles. The van der Waals surface area contributed by atoms with Gasteiger partial charge in [-0.3, -0.25) is 0 Å². The number of nitrogens with zero attached hydrogens (tertiary/aromatic N) is 5. The molecule has 0 aliphatic heterocycles. The van der Waals surface area contributed by atoms with E-state index in [4.69, 9.17) is 9.72 Å². The number of benzene rings is 10.